The molecule has 0 radical (unpaired) electrons. The smallest absolute Gasteiger partial charge is 0.330 e. The SMILES string of the molecule is CCNC(=S)N(C)c1c(N)n(Cc2ccccc2)c(=O)[nH]c1=O. The van der Waals surface area contributed by atoms with Gasteiger partial charge in [-0.1, -0.05) is 30.3 Å². The lowest BCUT2D eigenvalue weighted by atomic mass is 10.2. The predicted molar refractivity (Wildman–Crippen MR) is 96.0 cm³/mol. The molecule has 2 aromatic rings. The standard InChI is InChI=1S/C15H19N5O2S/c1-3-17-15(23)19(2)11-12(16)20(14(22)18-13(11)21)9-10-7-5-4-6-8-10/h4-8H,3,9,16H2,1-2H3,(H,17,23)(H,18,21,22). The normalized spacial score (nSPS) is 10.3. The van der Waals surface area contributed by atoms with E-state index in [-0.39, 0.29) is 18.1 Å². The molecule has 4 N–H and O–H groups in total. The second-order valence-electron chi connectivity index (χ2n) is 4.96. The fourth-order valence-electron chi connectivity index (χ4n) is 2.20. The van der Waals surface area contributed by atoms with Crippen molar-refractivity contribution in [1.82, 2.24) is 14.9 Å². The number of aromatic nitrogens is 2. The molecule has 1 aromatic carbocycles. The summed E-state index contributed by atoms with van der Waals surface area (Å²) in [6.07, 6.45) is 0. The van der Waals surface area contributed by atoms with Gasteiger partial charge in [-0.15, -0.1) is 0 Å². The second kappa shape index (κ2) is 7.10. The number of nitrogens with two attached hydrogens (primary N) is 1. The van der Waals surface area contributed by atoms with Gasteiger partial charge in [-0.2, -0.15) is 0 Å². The van der Waals surface area contributed by atoms with Gasteiger partial charge in [0.05, 0.1) is 6.54 Å². The summed E-state index contributed by atoms with van der Waals surface area (Å²) < 4.78 is 1.32. The van der Waals surface area contributed by atoms with Gasteiger partial charge in [-0.05, 0) is 24.7 Å². The van der Waals surface area contributed by atoms with Gasteiger partial charge in [-0.25, -0.2) is 4.79 Å². The molecule has 0 amide bonds. The Kier molecular flexibility index (Phi) is 5.17. The molecule has 0 aliphatic carbocycles. The molecule has 0 bridgehead atoms. The fraction of sp³-hybridized carbons (Fsp3) is 0.267. The highest BCUT2D eigenvalue weighted by atomic mass is 32.1. The van der Waals surface area contributed by atoms with Crippen molar-refractivity contribution in [3.63, 3.8) is 0 Å². The first-order chi connectivity index (χ1) is 11.0. The number of hydrogen-bond donors (Lipinski definition) is 3. The highest BCUT2D eigenvalue weighted by Gasteiger charge is 2.18. The predicted octanol–water partition coefficient (Wildman–Crippen LogP) is 0.498. The maximum absolute atomic E-state index is 12.1. The Bertz CT molecular complexity index is 813. The Morgan fingerprint density at radius 3 is 2.61 bits per heavy atom. The lowest BCUT2D eigenvalue weighted by molar-refractivity contribution is 0.732. The summed E-state index contributed by atoms with van der Waals surface area (Å²) >= 11 is 5.20. The number of anilines is 2. The van der Waals surface area contributed by atoms with E-state index in [1.54, 1.807) is 7.05 Å². The van der Waals surface area contributed by atoms with E-state index in [0.29, 0.717) is 11.7 Å². The molecule has 1 aromatic heterocycles. The molecule has 8 heteroatoms. The van der Waals surface area contributed by atoms with Gasteiger partial charge in [0.15, 0.2) is 5.11 Å². The zero-order chi connectivity index (χ0) is 17.0. The van der Waals surface area contributed by atoms with Gasteiger partial charge in [0.25, 0.3) is 5.56 Å². The van der Waals surface area contributed by atoms with Gasteiger partial charge in [0.1, 0.15) is 11.5 Å². The summed E-state index contributed by atoms with van der Waals surface area (Å²) in [7, 11) is 1.63. The van der Waals surface area contributed by atoms with Crippen LogP contribution in [-0.2, 0) is 6.54 Å². The summed E-state index contributed by atoms with van der Waals surface area (Å²) in [5.74, 6) is 0.0744. The first kappa shape index (κ1) is 16.8. The van der Waals surface area contributed by atoms with Crippen molar-refractivity contribution in [2.45, 2.75) is 13.5 Å². The number of benzene rings is 1. The molecule has 23 heavy (non-hydrogen) atoms. The monoisotopic (exact) mass is 333 g/mol. The number of H-pyrrole nitrogens is 1. The minimum absolute atomic E-state index is 0.0744. The second-order valence-corrected chi connectivity index (χ2v) is 5.35. The van der Waals surface area contributed by atoms with Crippen molar-refractivity contribution in [1.29, 1.82) is 0 Å². The van der Waals surface area contributed by atoms with Crippen LogP contribution in [0.3, 0.4) is 0 Å². The molecule has 0 atom stereocenters. The van der Waals surface area contributed by atoms with Gasteiger partial charge >= 0.3 is 5.69 Å². The van der Waals surface area contributed by atoms with Crippen molar-refractivity contribution < 1.29 is 0 Å². The Hall–Kier alpha value is -2.61. The largest absolute Gasteiger partial charge is 0.383 e. The van der Waals surface area contributed by atoms with Crippen molar-refractivity contribution in [3.8, 4) is 0 Å². The lowest BCUT2D eigenvalue weighted by Gasteiger charge is -2.22. The van der Waals surface area contributed by atoms with Crippen molar-refractivity contribution >= 4 is 28.8 Å². The van der Waals surface area contributed by atoms with Crippen LogP contribution in [0, 0.1) is 0 Å². The zero-order valence-electron chi connectivity index (χ0n) is 13.0. The number of hydrogen-bond acceptors (Lipinski definition) is 4. The molecular weight excluding hydrogens is 314 g/mol. The first-order valence-corrected chi connectivity index (χ1v) is 7.54. The van der Waals surface area contributed by atoms with Crippen LogP contribution in [0.15, 0.2) is 39.9 Å². The third-order valence-electron chi connectivity index (χ3n) is 3.37. The highest BCUT2D eigenvalue weighted by molar-refractivity contribution is 7.80. The van der Waals surface area contributed by atoms with E-state index >= 15 is 0 Å². The van der Waals surface area contributed by atoms with Crippen molar-refractivity contribution in [3.05, 3.63) is 56.7 Å². The van der Waals surface area contributed by atoms with E-state index < -0.39 is 11.2 Å². The molecule has 0 unspecified atom stereocenters. The van der Waals surface area contributed by atoms with Gasteiger partial charge < -0.3 is 16.0 Å². The third kappa shape index (κ3) is 3.59. The van der Waals surface area contributed by atoms with Crippen LogP contribution < -0.4 is 27.2 Å². The van der Waals surface area contributed by atoms with Crippen LogP contribution in [0.25, 0.3) is 0 Å². The average molecular weight is 333 g/mol. The Morgan fingerprint density at radius 1 is 1.35 bits per heavy atom. The van der Waals surface area contributed by atoms with Gasteiger partial charge in [0, 0.05) is 13.6 Å². The maximum atomic E-state index is 12.1. The third-order valence-corrected chi connectivity index (χ3v) is 3.78. The van der Waals surface area contributed by atoms with E-state index in [1.807, 2.05) is 37.3 Å². The molecule has 7 nitrogen and oxygen atoms in total. The summed E-state index contributed by atoms with van der Waals surface area (Å²) in [5.41, 5.74) is 6.00. The maximum Gasteiger partial charge on any atom is 0.330 e. The molecule has 0 aliphatic heterocycles. The van der Waals surface area contributed by atoms with Crippen LogP contribution in [0.5, 0.6) is 0 Å². The molecule has 0 fully saturated rings. The van der Waals surface area contributed by atoms with Crippen LogP contribution in [0.2, 0.25) is 0 Å². The Labute approximate surface area is 138 Å². The molecule has 0 spiro atoms. The number of nitrogens with zero attached hydrogens (tertiary/aromatic N) is 2. The van der Waals surface area contributed by atoms with E-state index in [1.165, 1.54) is 9.47 Å². The molecule has 122 valence electrons. The van der Waals surface area contributed by atoms with Crippen LogP contribution in [0.4, 0.5) is 11.5 Å². The molecule has 0 saturated heterocycles. The molecule has 2 rings (SSSR count). The van der Waals surface area contributed by atoms with Crippen LogP contribution in [0.1, 0.15) is 12.5 Å². The number of rotatable bonds is 4. The van der Waals surface area contributed by atoms with Crippen LogP contribution in [-0.4, -0.2) is 28.3 Å². The van der Waals surface area contributed by atoms with E-state index in [2.05, 4.69) is 10.3 Å². The fourth-order valence-corrected chi connectivity index (χ4v) is 2.43. The number of thiocarbonyl (C=S) groups is 1. The molecular formula is C15H19N5O2S. The highest BCUT2D eigenvalue weighted by Crippen LogP contribution is 2.16. The van der Waals surface area contributed by atoms with Crippen molar-refractivity contribution in [2.24, 2.45) is 0 Å². The Morgan fingerprint density at radius 2 is 2.00 bits per heavy atom. The van der Waals surface area contributed by atoms with Crippen LogP contribution >= 0.6 is 12.2 Å². The topological polar surface area (TPSA) is 96.2 Å². The van der Waals surface area contributed by atoms with E-state index in [0.717, 1.165) is 5.56 Å². The van der Waals surface area contributed by atoms with E-state index in [9.17, 15) is 9.59 Å². The summed E-state index contributed by atoms with van der Waals surface area (Å²) in [6, 6.07) is 9.38. The van der Waals surface area contributed by atoms with E-state index in [4.69, 9.17) is 18.0 Å². The Balaban J connectivity index is 2.49. The summed E-state index contributed by atoms with van der Waals surface area (Å²) in [5, 5.41) is 3.30. The van der Waals surface area contributed by atoms with Crippen molar-refractivity contribution in [2.75, 3.05) is 24.2 Å². The quantitative estimate of drug-likeness (QED) is 0.705. The lowest BCUT2D eigenvalue weighted by Crippen LogP contribution is -2.43. The molecule has 1 heterocycles. The van der Waals surface area contributed by atoms with Gasteiger partial charge in [0.2, 0.25) is 0 Å². The first-order valence-electron chi connectivity index (χ1n) is 7.13. The van der Waals surface area contributed by atoms with Gasteiger partial charge in [-0.3, -0.25) is 14.3 Å². The molecule has 0 aliphatic rings. The average Bonchev–Trinajstić information content (AvgIpc) is 2.52. The minimum Gasteiger partial charge on any atom is -0.383 e. The summed E-state index contributed by atoms with van der Waals surface area (Å²) in [6.45, 7) is 2.77. The molecule has 0 saturated carbocycles. The number of nitrogen functional groups attached to an aromatic ring is 1. The number of nitrogens with one attached hydrogen (secondary N) is 2. The number of aromatic amines is 1. The summed E-state index contributed by atoms with van der Waals surface area (Å²) in [4.78, 5) is 28.0. The minimum atomic E-state index is -0.570. The zero-order valence-corrected chi connectivity index (χ0v) is 13.8.